The highest BCUT2D eigenvalue weighted by Crippen LogP contribution is 2.23. The zero-order valence-electron chi connectivity index (χ0n) is 12.1. The summed E-state index contributed by atoms with van der Waals surface area (Å²) in [5.74, 6) is 1.80. The number of hydrogen-bond acceptors (Lipinski definition) is 3. The van der Waals surface area contributed by atoms with Gasteiger partial charge in [0, 0.05) is 12.0 Å². The molecule has 4 heteroatoms. The van der Waals surface area contributed by atoms with Crippen LogP contribution in [0.5, 0.6) is 0 Å². The number of nitrogens with zero attached hydrogens (tertiary/aromatic N) is 2. The first kappa shape index (κ1) is 14.8. The summed E-state index contributed by atoms with van der Waals surface area (Å²) in [5.41, 5.74) is 1.25. The summed E-state index contributed by atoms with van der Waals surface area (Å²) < 4.78 is 0. The molecule has 1 N–H and O–H groups in total. The summed E-state index contributed by atoms with van der Waals surface area (Å²) in [6.45, 7) is 6.27. The van der Waals surface area contributed by atoms with Crippen molar-refractivity contribution in [2.24, 2.45) is 0 Å². The highest BCUT2D eigenvalue weighted by molar-refractivity contribution is 6.29. The van der Waals surface area contributed by atoms with Crippen LogP contribution in [0.15, 0.2) is 36.4 Å². The Bertz CT molecular complexity index is 555. The zero-order chi connectivity index (χ0) is 14.5. The highest BCUT2D eigenvalue weighted by atomic mass is 35.5. The van der Waals surface area contributed by atoms with E-state index in [1.54, 1.807) is 6.07 Å². The third-order valence-electron chi connectivity index (χ3n) is 3.16. The zero-order valence-corrected chi connectivity index (χ0v) is 12.9. The molecule has 1 atom stereocenters. The highest BCUT2D eigenvalue weighted by Gasteiger charge is 2.12. The molecule has 0 saturated carbocycles. The molecule has 0 fully saturated rings. The number of aromatic nitrogens is 2. The lowest BCUT2D eigenvalue weighted by atomic mass is 10.0. The first-order valence-electron chi connectivity index (χ1n) is 6.96. The molecule has 0 bridgehead atoms. The van der Waals surface area contributed by atoms with E-state index in [1.165, 1.54) is 5.56 Å². The van der Waals surface area contributed by atoms with Gasteiger partial charge in [-0.15, -0.1) is 0 Å². The van der Waals surface area contributed by atoms with E-state index >= 15 is 0 Å². The molecule has 2 aromatic rings. The molecule has 3 nitrogen and oxygen atoms in total. The molecule has 0 saturated heterocycles. The van der Waals surface area contributed by atoms with Crippen molar-refractivity contribution in [3.63, 3.8) is 0 Å². The minimum absolute atomic E-state index is 0.224. The number of hydrogen-bond donors (Lipinski definition) is 1. The van der Waals surface area contributed by atoms with Gasteiger partial charge in [-0.1, -0.05) is 62.7 Å². The molecular weight excluding hydrogens is 270 g/mol. The van der Waals surface area contributed by atoms with Gasteiger partial charge in [0.1, 0.15) is 16.8 Å². The number of anilines is 1. The van der Waals surface area contributed by atoms with Crippen molar-refractivity contribution < 1.29 is 0 Å². The smallest absolute Gasteiger partial charge is 0.135 e. The quantitative estimate of drug-likeness (QED) is 0.802. The number of rotatable bonds is 5. The van der Waals surface area contributed by atoms with Crippen LogP contribution in [-0.4, -0.2) is 9.97 Å². The summed E-state index contributed by atoms with van der Waals surface area (Å²) in [7, 11) is 0. The van der Waals surface area contributed by atoms with Gasteiger partial charge in [0.25, 0.3) is 0 Å². The standard InChI is InChI=1S/C16H20ClN3/c1-4-13(12-8-6-5-7-9-12)18-15-10-14(17)19-16(20-15)11(2)3/h5-11,13H,4H2,1-3H3,(H,18,19,20). The van der Waals surface area contributed by atoms with E-state index in [-0.39, 0.29) is 12.0 Å². The van der Waals surface area contributed by atoms with Gasteiger partial charge in [-0.3, -0.25) is 0 Å². The van der Waals surface area contributed by atoms with Gasteiger partial charge in [0.05, 0.1) is 6.04 Å². The monoisotopic (exact) mass is 289 g/mol. The Kier molecular flexibility index (Phi) is 4.96. The maximum absolute atomic E-state index is 6.08. The number of halogens is 1. The average Bonchev–Trinajstić information content (AvgIpc) is 2.45. The molecule has 0 spiro atoms. The molecule has 20 heavy (non-hydrogen) atoms. The summed E-state index contributed by atoms with van der Waals surface area (Å²) in [6, 6.07) is 12.4. The molecule has 1 aromatic heterocycles. The van der Waals surface area contributed by atoms with E-state index in [9.17, 15) is 0 Å². The Balaban J connectivity index is 2.24. The lowest BCUT2D eigenvalue weighted by molar-refractivity contribution is 0.731. The topological polar surface area (TPSA) is 37.8 Å². The Hall–Kier alpha value is -1.61. The molecule has 0 aliphatic rings. The van der Waals surface area contributed by atoms with Crippen LogP contribution in [0.3, 0.4) is 0 Å². The molecular formula is C16H20ClN3. The molecule has 0 radical (unpaired) electrons. The van der Waals surface area contributed by atoms with Crippen LogP contribution in [0, 0.1) is 0 Å². The van der Waals surface area contributed by atoms with Gasteiger partial charge in [-0.2, -0.15) is 0 Å². The van der Waals surface area contributed by atoms with Crippen molar-refractivity contribution in [3.8, 4) is 0 Å². The minimum atomic E-state index is 0.224. The first-order chi connectivity index (χ1) is 9.60. The van der Waals surface area contributed by atoms with E-state index in [4.69, 9.17) is 11.6 Å². The van der Waals surface area contributed by atoms with Crippen LogP contribution in [0.4, 0.5) is 5.82 Å². The second-order valence-corrected chi connectivity index (χ2v) is 5.49. The second kappa shape index (κ2) is 6.71. The van der Waals surface area contributed by atoms with Gasteiger partial charge in [0.2, 0.25) is 0 Å². The largest absolute Gasteiger partial charge is 0.363 e. The summed E-state index contributed by atoms with van der Waals surface area (Å²) >= 11 is 6.08. The molecule has 1 unspecified atom stereocenters. The minimum Gasteiger partial charge on any atom is -0.363 e. The van der Waals surface area contributed by atoms with Crippen molar-refractivity contribution in [2.45, 2.75) is 39.2 Å². The summed E-state index contributed by atoms with van der Waals surface area (Å²) in [4.78, 5) is 8.79. The number of nitrogens with one attached hydrogen (secondary N) is 1. The predicted octanol–water partition coefficient (Wildman–Crippen LogP) is 4.82. The molecule has 0 aliphatic heterocycles. The van der Waals surface area contributed by atoms with Crippen LogP contribution in [0.2, 0.25) is 5.15 Å². The third kappa shape index (κ3) is 3.70. The molecule has 1 aromatic carbocycles. The first-order valence-corrected chi connectivity index (χ1v) is 7.34. The molecule has 1 heterocycles. The Morgan fingerprint density at radius 2 is 1.85 bits per heavy atom. The van der Waals surface area contributed by atoms with Crippen molar-refractivity contribution in [3.05, 3.63) is 52.9 Å². The maximum Gasteiger partial charge on any atom is 0.135 e. The van der Waals surface area contributed by atoms with Crippen LogP contribution in [0.1, 0.15) is 50.5 Å². The van der Waals surface area contributed by atoms with Crippen LogP contribution >= 0.6 is 11.6 Å². The molecule has 106 valence electrons. The van der Waals surface area contributed by atoms with Crippen LogP contribution in [-0.2, 0) is 0 Å². The SMILES string of the molecule is CCC(Nc1cc(Cl)nc(C(C)C)n1)c1ccccc1. The molecule has 0 amide bonds. The third-order valence-corrected chi connectivity index (χ3v) is 3.35. The van der Waals surface area contributed by atoms with E-state index in [2.05, 4.69) is 48.2 Å². The fraction of sp³-hybridized carbons (Fsp3) is 0.375. The number of benzene rings is 1. The van der Waals surface area contributed by atoms with E-state index < -0.39 is 0 Å². The van der Waals surface area contributed by atoms with Crippen molar-refractivity contribution in [2.75, 3.05) is 5.32 Å². The lowest BCUT2D eigenvalue weighted by Gasteiger charge is -2.19. The van der Waals surface area contributed by atoms with Gasteiger partial charge < -0.3 is 5.32 Å². The van der Waals surface area contributed by atoms with E-state index in [1.807, 2.05) is 18.2 Å². The van der Waals surface area contributed by atoms with Gasteiger partial charge in [-0.05, 0) is 12.0 Å². The average molecular weight is 290 g/mol. The van der Waals surface area contributed by atoms with Crippen molar-refractivity contribution >= 4 is 17.4 Å². The van der Waals surface area contributed by atoms with Gasteiger partial charge in [-0.25, -0.2) is 9.97 Å². The van der Waals surface area contributed by atoms with Gasteiger partial charge >= 0.3 is 0 Å². The molecule has 2 rings (SSSR count). The van der Waals surface area contributed by atoms with Crippen molar-refractivity contribution in [1.29, 1.82) is 0 Å². The van der Waals surface area contributed by atoms with Crippen LogP contribution < -0.4 is 5.32 Å². The summed E-state index contributed by atoms with van der Waals surface area (Å²) in [5, 5.41) is 3.93. The lowest BCUT2D eigenvalue weighted by Crippen LogP contribution is -2.12. The predicted molar refractivity (Wildman–Crippen MR) is 84.2 cm³/mol. The normalized spacial score (nSPS) is 12.4. The maximum atomic E-state index is 6.08. The van der Waals surface area contributed by atoms with E-state index in [0.29, 0.717) is 5.15 Å². The van der Waals surface area contributed by atoms with Crippen molar-refractivity contribution in [1.82, 2.24) is 9.97 Å². The molecule has 0 aliphatic carbocycles. The Morgan fingerprint density at radius 3 is 2.45 bits per heavy atom. The van der Waals surface area contributed by atoms with Crippen LogP contribution in [0.25, 0.3) is 0 Å². The summed E-state index contributed by atoms with van der Waals surface area (Å²) in [6.07, 6.45) is 0.975. The van der Waals surface area contributed by atoms with E-state index in [0.717, 1.165) is 18.1 Å². The van der Waals surface area contributed by atoms with Gasteiger partial charge in [0.15, 0.2) is 0 Å². The second-order valence-electron chi connectivity index (χ2n) is 5.10. The fourth-order valence-electron chi connectivity index (χ4n) is 2.05. The fourth-order valence-corrected chi connectivity index (χ4v) is 2.24. The Morgan fingerprint density at radius 1 is 1.15 bits per heavy atom. The Labute approximate surface area is 125 Å².